The second-order valence-electron chi connectivity index (χ2n) is 10.8. The molecule has 214 valence electrons. The average Bonchev–Trinajstić information content (AvgIpc) is 3.17. The van der Waals surface area contributed by atoms with E-state index in [1.54, 1.807) is 38.6 Å². The maximum absolute atomic E-state index is 14.8. The van der Waals surface area contributed by atoms with Gasteiger partial charge in [0.15, 0.2) is 0 Å². The summed E-state index contributed by atoms with van der Waals surface area (Å²) < 4.78 is 64.1. The quantitative estimate of drug-likeness (QED) is 0.282. The van der Waals surface area contributed by atoms with Crippen molar-refractivity contribution >= 4 is 41.1 Å². The first-order chi connectivity index (χ1) is 18.9. The lowest BCUT2D eigenvalue weighted by molar-refractivity contribution is 0.0966. The van der Waals surface area contributed by atoms with Gasteiger partial charge < -0.3 is 29.2 Å². The lowest BCUT2D eigenvalue weighted by Crippen LogP contribution is -2.46. The molecule has 1 aromatic carbocycles. The number of likely N-dealkylation sites (tertiary alicyclic amines) is 1. The standard InChI is InChI=1S/C29H34F3N4O2PS/c1-35-15-12-23(22(30)18-35)34-24-9-7-20-11-13-29(31,32)40-28-19(16-26(24)36(20)28)6-5-14-33-25-10-8-21(39(3,4)37)17-27(25)38-2/h7-10,16-17,22-23,33-34H,11-15,18H2,1-4H3/t22-,23+/m0/s1. The van der Waals surface area contributed by atoms with E-state index in [9.17, 15) is 17.7 Å². The molecule has 3 aromatic rings. The molecule has 40 heavy (non-hydrogen) atoms. The lowest BCUT2D eigenvalue weighted by Gasteiger charge is -2.33. The summed E-state index contributed by atoms with van der Waals surface area (Å²) in [6, 6.07) is 10.5. The SMILES string of the molecule is COc1cc(P(C)(C)=O)ccc1NCC#Cc1cc2c(N[C@@H]3CCN(C)C[C@@H]3F)ccc3n2c1SC(F)(F)CC3. The van der Waals surface area contributed by atoms with Gasteiger partial charge >= 0.3 is 0 Å². The van der Waals surface area contributed by atoms with Gasteiger partial charge in [0, 0.05) is 30.5 Å². The molecule has 0 saturated carbocycles. The molecule has 4 heterocycles. The fraction of sp³-hybridized carbons (Fsp3) is 0.448. The van der Waals surface area contributed by atoms with Gasteiger partial charge in [-0.2, -0.15) is 8.78 Å². The number of hydrogen-bond acceptors (Lipinski definition) is 6. The average molecular weight is 591 g/mol. The van der Waals surface area contributed by atoms with Gasteiger partial charge in [-0.25, -0.2) is 4.39 Å². The Hall–Kier alpha value is -2.73. The molecule has 2 N–H and O–H groups in total. The number of nitrogens with one attached hydrogen (secondary N) is 2. The normalized spacial score (nSPS) is 20.9. The van der Waals surface area contributed by atoms with Crippen LogP contribution in [0, 0.1) is 11.8 Å². The van der Waals surface area contributed by atoms with Crippen LogP contribution in [0.25, 0.3) is 5.52 Å². The Balaban J connectivity index is 1.44. The number of aryl methyl sites for hydroxylation is 1. The number of aromatic nitrogens is 1. The van der Waals surface area contributed by atoms with Crippen LogP contribution in [-0.2, 0) is 11.0 Å². The Morgan fingerprint density at radius 1 is 1.20 bits per heavy atom. The molecule has 11 heteroatoms. The Bertz CT molecular complexity index is 1530. The maximum atomic E-state index is 14.8. The molecule has 0 unspecified atom stereocenters. The molecule has 0 amide bonds. The van der Waals surface area contributed by atoms with E-state index in [0.29, 0.717) is 57.7 Å². The van der Waals surface area contributed by atoms with Crippen molar-refractivity contribution in [3.05, 3.63) is 47.7 Å². The van der Waals surface area contributed by atoms with Crippen molar-refractivity contribution in [2.75, 3.05) is 57.8 Å². The summed E-state index contributed by atoms with van der Waals surface area (Å²) in [7, 11) is 1.01. The second-order valence-corrected chi connectivity index (χ2v) is 15.2. The molecule has 6 nitrogen and oxygen atoms in total. The van der Waals surface area contributed by atoms with E-state index in [1.807, 2.05) is 34.5 Å². The van der Waals surface area contributed by atoms with Crippen LogP contribution in [0.1, 0.15) is 24.1 Å². The number of pyridine rings is 1. The number of alkyl halides is 3. The molecule has 5 rings (SSSR count). The number of methoxy groups -OCH3 is 1. The van der Waals surface area contributed by atoms with Crippen molar-refractivity contribution in [1.29, 1.82) is 0 Å². The van der Waals surface area contributed by atoms with Gasteiger partial charge in [0.05, 0.1) is 42.2 Å². The summed E-state index contributed by atoms with van der Waals surface area (Å²) in [5, 5.41) is 4.74. The van der Waals surface area contributed by atoms with Crippen molar-refractivity contribution in [2.45, 2.75) is 41.8 Å². The van der Waals surface area contributed by atoms with E-state index in [-0.39, 0.29) is 25.4 Å². The smallest absolute Gasteiger partial charge is 0.299 e. The van der Waals surface area contributed by atoms with E-state index in [0.717, 1.165) is 17.8 Å². The van der Waals surface area contributed by atoms with Crippen molar-refractivity contribution in [2.24, 2.45) is 0 Å². The molecule has 0 radical (unpaired) electrons. The number of benzene rings is 1. The Labute approximate surface area is 237 Å². The molecule has 0 spiro atoms. The van der Waals surface area contributed by atoms with Gasteiger partial charge in [-0.15, -0.1) is 0 Å². The van der Waals surface area contributed by atoms with Crippen LogP contribution < -0.4 is 20.7 Å². The predicted molar refractivity (Wildman–Crippen MR) is 158 cm³/mol. The zero-order chi connectivity index (χ0) is 28.7. The van der Waals surface area contributed by atoms with Crippen molar-refractivity contribution < 1.29 is 22.5 Å². The fourth-order valence-corrected chi connectivity index (χ4v) is 7.02. The summed E-state index contributed by atoms with van der Waals surface area (Å²) in [5.41, 5.74) is 3.42. The zero-order valence-corrected chi connectivity index (χ0v) is 24.8. The van der Waals surface area contributed by atoms with Crippen LogP contribution in [0.5, 0.6) is 5.75 Å². The molecule has 0 bridgehead atoms. The highest BCUT2D eigenvalue weighted by Gasteiger charge is 2.36. The van der Waals surface area contributed by atoms with Gasteiger partial charge in [0.25, 0.3) is 5.25 Å². The number of anilines is 2. The van der Waals surface area contributed by atoms with Crippen LogP contribution in [0.3, 0.4) is 0 Å². The molecule has 0 aliphatic carbocycles. The third-order valence-corrected chi connectivity index (χ3v) is 9.98. The topological polar surface area (TPSA) is 58.0 Å². The Morgan fingerprint density at radius 2 is 1.98 bits per heavy atom. The number of nitrogens with zero attached hydrogens (tertiary/aromatic N) is 2. The first kappa shape index (κ1) is 28.8. The number of ether oxygens (including phenoxy) is 1. The largest absolute Gasteiger partial charge is 0.495 e. The van der Waals surface area contributed by atoms with Gasteiger partial charge in [0.1, 0.15) is 24.1 Å². The van der Waals surface area contributed by atoms with Crippen LogP contribution in [-0.4, -0.2) is 73.9 Å². The van der Waals surface area contributed by atoms with Crippen molar-refractivity contribution in [3.8, 4) is 17.6 Å². The zero-order valence-electron chi connectivity index (χ0n) is 23.1. The number of halogens is 3. The predicted octanol–water partition coefficient (Wildman–Crippen LogP) is 5.74. The van der Waals surface area contributed by atoms with Crippen LogP contribution in [0.15, 0.2) is 41.4 Å². The Morgan fingerprint density at radius 3 is 2.70 bits per heavy atom. The third-order valence-electron chi connectivity index (χ3n) is 7.36. The molecule has 2 aliphatic heterocycles. The highest BCUT2D eigenvalue weighted by atomic mass is 32.2. The van der Waals surface area contributed by atoms with E-state index >= 15 is 0 Å². The Kier molecular flexibility index (Phi) is 8.11. The van der Waals surface area contributed by atoms with E-state index in [2.05, 4.69) is 22.5 Å². The van der Waals surface area contributed by atoms with Gasteiger partial charge in [-0.1, -0.05) is 11.8 Å². The van der Waals surface area contributed by atoms with Crippen LogP contribution in [0.4, 0.5) is 24.5 Å². The minimum atomic E-state index is -2.93. The monoisotopic (exact) mass is 590 g/mol. The van der Waals surface area contributed by atoms with E-state index < -0.39 is 18.6 Å². The first-order valence-electron chi connectivity index (χ1n) is 13.2. The fourth-order valence-electron chi connectivity index (χ4n) is 5.15. The molecular weight excluding hydrogens is 556 g/mol. The highest BCUT2D eigenvalue weighted by Crippen LogP contribution is 2.45. The number of rotatable bonds is 6. The number of piperidine rings is 1. The second kappa shape index (κ2) is 11.3. The highest BCUT2D eigenvalue weighted by molar-refractivity contribution is 8.00. The molecule has 1 fully saturated rings. The summed E-state index contributed by atoms with van der Waals surface area (Å²) in [4.78, 5) is 1.97. The molecule has 2 atom stereocenters. The van der Waals surface area contributed by atoms with E-state index in [1.165, 1.54) is 0 Å². The molecule has 2 aromatic heterocycles. The maximum Gasteiger partial charge on any atom is 0.299 e. The summed E-state index contributed by atoms with van der Waals surface area (Å²) in [5.74, 6) is 6.70. The summed E-state index contributed by atoms with van der Waals surface area (Å²) in [6.07, 6.45) is -0.413. The van der Waals surface area contributed by atoms with Gasteiger partial charge in [-0.3, -0.25) is 0 Å². The number of hydrogen-bond donors (Lipinski definition) is 2. The summed E-state index contributed by atoms with van der Waals surface area (Å²) >= 11 is 0.532. The third kappa shape index (κ3) is 6.12. The van der Waals surface area contributed by atoms with Gasteiger partial charge in [0.2, 0.25) is 0 Å². The molecular formula is C29H34F3N4O2PS. The van der Waals surface area contributed by atoms with Crippen molar-refractivity contribution in [3.63, 3.8) is 0 Å². The molecule has 1 saturated heterocycles. The minimum absolute atomic E-state index is 0.227. The molecule has 2 aliphatic rings. The summed E-state index contributed by atoms with van der Waals surface area (Å²) in [6.45, 7) is 4.79. The van der Waals surface area contributed by atoms with Gasteiger partial charge in [-0.05, 0) is 81.4 Å². The van der Waals surface area contributed by atoms with Crippen LogP contribution in [0.2, 0.25) is 0 Å². The van der Waals surface area contributed by atoms with Crippen LogP contribution >= 0.6 is 18.9 Å². The first-order valence-corrected chi connectivity index (χ1v) is 16.7. The van der Waals surface area contributed by atoms with Crippen molar-refractivity contribution in [1.82, 2.24) is 9.30 Å². The van der Waals surface area contributed by atoms with E-state index in [4.69, 9.17) is 4.74 Å². The number of thioether (sulfide) groups is 1. The minimum Gasteiger partial charge on any atom is -0.495 e. The lowest BCUT2D eigenvalue weighted by atomic mass is 10.0.